The third-order valence-electron chi connectivity index (χ3n) is 2.01. The van der Waals surface area contributed by atoms with Crippen LogP contribution in [-0.2, 0) is 0 Å². The molecule has 0 spiro atoms. The van der Waals surface area contributed by atoms with Gasteiger partial charge >= 0.3 is 0 Å². The first-order valence-electron chi connectivity index (χ1n) is 4.72. The predicted molar refractivity (Wildman–Crippen MR) is 65.3 cm³/mol. The lowest BCUT2D eigenvalue weighted by Gasteiger charge is -2.12. The summed E-state index contributed by atoms with van der Waals surface area (Å²) in [6, 6.07) is 2.68. The SMILES string of the molecule is CCOc1cc(C(C)=O)c(I)cc1C(F)F. The number of carbonyl (C=O) groups is 1. The molecule has 0 heterocycles. The molecular formula is C11H11F2IO2. The zero-order valence-electron chi connectivity index (χ0n) is 8.89. The highest BCUT2D eigenvalue weighted by molar-refractivity contribution is 14.1. The number of halogens is 3. The first-order valence-corrected chi connectivity index (χ1v) is 5.80. The molecule has 0 saturated carbocycles. The van der Waals surface area contributed by atoms with E-state index in [0.717, 1.165) is 0 Å². The summed E-state index contributed by atoms with van der Waals surface area (Å²) in [5.41, 5.74) is 0.240. The molecule has 0 fully saturated rings. The highest BCUT2D eigenvalue weighted by atomic mass is 127. The molecule has 0 aromatic heterocycles. The normalized spacial score (nSPS) is 10.6. The first-order chi connectivity index (χ1) is 7.47. The quantitative estimate of drug-likeness (QED) is 0.615. The average Bonchev–Trinajstić information content (AvgIpc) is 2.19. The van der Waals surface area contributed by atoms with Gasteiger partial charge in [0.15, 0.2) is 5.78 Å². The minimum Gasteiger partial charge on any atom is -0.493 e. The van der Waals surface area contributed by atoms with Crippen molar-refractivity contribution in [1.29, 1.82) is 0 Å². The van der Waals surface area contributed by atoms with E-state index >= 15 is 0 Å². The van der Waals surface area contributed by atoms with Crippen molar-refractivity contribution in [1.82, 2.24) is 0 Å². The maximum atomic E-state index is 12.7. The van der Waals surface area contributed by atoms with Crippen molar-refractivity contribution in [2.45, 2.75) is 20.3 Å². The van der Waals surface area contributed by atoms with Crippen molar-refractivity contribution in [2.24, 2.45) is 0 Å². The van der Waals surface area contributed by atoms with Crippen LogP contribution in [0.3, 0.4) is 0 Å². The number of alkyl halides is 2. The Balaban J connectivity index is 3.31. The second-order valence-electron chi connectivity index (χ2n) is 3.16. The van der Waals surface area contributed by atoms with Gasteiger partial charge in [-0.15, -0.1) is 0 Å². The monoisotopic (exact) mass is 340 g/mol. The van der Waals surface area contributed by atoms with Crippen LogP contribution in [0, 0.1) is 3.57 Å². The summed E-state index contributed by atoms with van der Waals surface area (Å²) >= 11 is 1.87. The number of benzene rings is 1. The molecule has 0 unspecified atom stereocenters. The molecule has 16 heavy (non-hydrogen) atoms. The standard InChI is InChI=1S/C11H11F2IO2/c1-3-16-10-5-7(6(2)15)9(14)4-8(10)11(12)13/h4-5,11H,3H2,1-2H3. The van der Waals surface area contributed by atoms with Gasteiger partial charge in [-0.1, -0.05) is 0 Å². The van der Waals surface area contributed by atoms with Crippen LogP contribution in [-0.4, -0.2) is 12.4 Å². The van der Waals surface area contributed by atoms with Crippen LogP contribution in [0.15, 0.2) is 12.1 Å². The Labute approximate surface area is 106 Å². The molecule has 0 N–H and O–H groups in total. The number of hydrogen-bond donors (Lipinski definition) is 0. The van der Waals surface area contributed by atoms with Gasteiger partial charge in [-0.25, -0.2) is 8.78 Å². The van der Waals surface area contributed by atoms with Gasteiger partial charge in [-0.2, -0.15) is 0 Å². The van der Waals surface area contributed by atoms with Gasteiger partial charge in [0, 0.05) is 9.13 Å². The number of ketones is 1. The van der Waals surface area contributed by atoms with E-state index in [1.165, 1.54) is 19.1 Å². The topological polar surface area (TPSA) is 26.3 Å². The molecule has 0 aliphatic rings. The zero-order valence-corrected chi connectivity index (χ0v) is 11.0. The summed E-state index contributed by atoms with van der Waals surface area (Å²) in [5.74, 6) is -0.0747. The summed E-state index contributed by atoms with van der Waals surface area (Å²) in [5, 5.41) is 0. The van der Waals surface area contributed by atoms with Crippen molar-refractivity contribution in [3.8, 4) is 5.75 Å². The Hall–Kier alpha value is -0.720. The van der Waals surface area contributed by atoms with Gasteiger partial charge < -0.3 is 4.74 Å². The summed E-state index contributed by atoms with van der Waals surface area (Å²) in [4.78, 5) is 11.3. The smallest absolute Gasteiger partial charge is 0.267 e. The molecular weight excluding hydrogens is 329 g/mol. The average molecular weight is 340 g/mol. The molecule has 0 aliphatic carbocycles. The Morgan fingerprint density at radius 3 is 2.56 bits per heavy atom. The van der Waals surface area contributed by atoms with E-state index in [4.69, 9.17) is 4.74 Å². The minimum absolute atomic E-state index is 0.0862. The van der Waals surface area contributed by atoms with Crippen molar-refractivity contribution in [3.05, 3.63) is 26.8 Å². The highest BCUT2D eigenvalue weighted by Gasteiger charge is 2.18. The summed E-state index contributed by atoms with van der Waals surface area (Å²) in [7, 11) is 0. The lowest BCUT2D eigenvalue weighted by Crippen LogP contribution is -2.03. The molecule has 88 valence electrons. The van der Waals surface area contributed by atoms with Crippen molar-refractivity contribution in [3.63, 3.8) is 0 Å². The maximum Gasteiger partial charge on any atom is 0.267 e. The Morgan fingerprint density at radius 2 is 2.12 bits per heavy atom. The van der Waals surface area contributed by atoms with Crippen molar-refractivity contribution >= 4 is 28.4 Å². The largest absolute Gasteiger partial charge is 0.493 e. The van der Waals surface area contributed by atoms with E-state index in [-0.39, 0.29) is 23.7 Å². The second kappa shape index (κ2) is 5.56. The summed E-state index contributed by atoms with van der Waals surface area (Å²) in [6.07, 6.45) is -2.60. The third kappa shape index (κ3) is 2.90. The number of Topliss-reactive ketones (excluding diaryl/α,β-unsaturated/α-hetero) is 1. The number of ether oxygens (including phenoxy) is 1. The summed E-state index contributed by atoms with van der Waals surface area (Å²) < 4.78 is 31.0. The molecule has 0 atom stereocenters. The molecule has 1 rings (SSSR count). The summed E-state index contributed by atoms with van der Waals surface area (Å²) in [6.45, 7) is 3.40. The predicted octanol–water partition coefficient (Wildman–Crippen LogP) is 3.83. The van der Waals surface area contributed by atoms with E-state index < -0.39 is 6.43 Å². The second-order valence-corrected chi connectivity index (χ2v) is 4.32. The van der Waals surface area contributed by atoms with E-state index in [9.17, 15) is 13.6 Å². The molecule has 5 heteroatoms. The van der Waals surface area contributed by atoms with Crippen LogP contribution in [0.5, 0.6) is 5.75 Å². The van der Waals surface area contributed by atoms with Gasteiger partial charge in [0.25, 0.3) is 6.43 Å². The molecule has 0 amide bonds. The number of carbonyl (C=O) groups excluding carboxylic acids is 1. The number of hydrogen-bond acceptors (Lipinski definition) is 2. The van der Waals surface area contributed by atoms with E-state index in [0.29, 0.717) is 9.13 Å². The fourth-order valence-electron chi connectivity index (χ4n) is 1.29. The van der Waals surface area contributed by atoms with Crippen LogP contribution < -0.4 is 4.74 Å². The van der Waals surface area contributed by atoms with Gasteiger partial charge in [0.1, 0.15) is 5.75 Å². The Bertz CT molecular complexity index is 405. The van der Waals surface area contributed by atoms with Crippen molar-refractivity contribution < 1.29 is 18.3 Å². The van der Waals surface area contributed by atoms with Gasteiger partial charge in [0.05, 0.1) is 12.2 Å². The minimum atomic E-state index is -2.60. The van der Waals surface area contributed by atoms with Gasteiger partial charge in [-0.05, 0) is 48.6 Å². The van der Waals surface area contributed by atoms with E-state index in [1.807, 2.05) is 22.6 Å². The van der Waals surface area contributed by atoms with Crippen LogP contribution in [0.2, 0.25) is 0 Å². The van der Waals surface area contributed by atoms with E-state index in [1.54, 1.807) is 6.92 Å². The molecule has 1 aromatic carbocycles. The fourth-order valence-corrected chi connectivity index (χ4v) is 2.16. The van der Waals surface area contributed by atoms with Gasteiger partial charge in [-0.3, -0.25) is 4.79 Å². The Morgan fingerprint density at radius 1 is 1.50 bits per heavy atom. The molecule has 0 bridgehead atoms. The van der Waals surface area contributed by atoms with Crippen LogP contribution in [0.4, 0.5) is 8.78 Å². The molecule has 2 nitrogen and oxygen atoms in total. The lowest BCUT2D eigenvalue weighted by molar-refractivity contribution is 0.101. The molecule has 1 aromatic rings. The van der Waals surface area contributed by atoms with Crippen LogP contribution in [0.1, 0.15) is 36.2 Å². The molecule has 0 radical (unpaired) electrons. The van der Waals surface area contributed by atoms with Gasteiger partial charge in [0.2, 0.25) is 0 Å². The van der Waals surface area contributed by atoms with Crippen LogP contribution >= 0.6 is 22.6 Å². The Kier molecular flexibility index (Phi) is 4.64. The zero-order chi connectivity index (χ0) is 12.3. The molecule has 0 saturated heterocycles. The highest BCUT2D eigenvalue weighted by Crippen LogP contribution is 2.32. The van der Waals surface area contributed by atoms with Crippen LogP contribution in [0.25, 0.3) is 0 Å². The maximum absolute atomic E-state index is 12.7. The third-order valence-corrected chi connectivity index (χ3v) is 2.91. The lowest BCUT2D eigenvalue weighted by atomic mass is 10.1. The number of rotatable bonds is 4. The molecule has 0 aliphatic heterocycles. The fraction of sp³-hybridized carbons (Fsp3) is 0.364. The first kappa shape index (κ1) is 13.3. The van der Waals surface area contributed by atoms with Crippen molar-refractivity contribution in [2.75, 3.05) is 6.61 Å². The van der Waals surface area contributed by atoms with E-state index in [2.05, 4.69) is 0 Å².